The number of rotatable bonds is 5. The van der Waals surface area contributed by atoms with Crippen molar-refractivity contribution in [2.24, 2.45) is 5.41 Å². The van der Waals surface area contributed by atoms with Gasteiger partial charge in [0.05, 0.1) is 11.0 Å². The molecule has 0 radical (unpaired) electrons. The van der Waals surface area contributed by atoms with Crippen LogP contribution in [0.4, 0.5) is 11.4 Å². The molecule has 2 aliphatic rings. The predicted octanol–water partition coefficient (Wildman–Crippen LogP) is 3.35. The van der Waals surface area contributed by atoms with Crippen LogP contribution in [0.25, 0.3) is 0 Å². The van der Waals surface area contributed by atoms with E-state index in [1.807, 2.05) is 6.92 Å². The van der Waals surface area contributed by atoms with Crippen molar-refractivity contribution in [3.8, 4) is 0 Å². The minimum atomic E-state index is -0.369. The summed E-state index contributed by atoms with van der Waals surface area (Å²) < 4.78 is 5.82. The zero-order valence-corrected chi connectivity index (χ0v) is 11.7. The molecule has 0 heterocycles. The van der Waals surface area contributed by atoms with E-state index >= 15 is 0 Å². The van der Waals surface area contributed by atoms with Crippen LogP contribution in [0.15, 0.2) is 24.3 Å². The molecule has 0 saturated heterocycles. The Morgan fingerprint density at radius 3 is 2.60 bits per heavy atom. The molecule has 2 fully saturated rings. The molecule has 2 unspecified atom stereocenters. The Balaban J connectivity index is 1.65. The summed E-state index contributed by atoms with van der Waals surface area (Å²) >= 11 is 0. The molecule has 5 nitrogen and oxygen atoms in total. The zero-order chi connectivity index (χ0) is 14.2. The molecule has 2 saturated carbocycles. The van der Waals surface area contributed by atoms with Gasteiger partial charge >= 0.3 is 0 Å². The van der Waals surface area contributed by atoms with E-state index in [4.69, 9.17) is 4.74 Å². The van der Waals surface area contributed by atoms with Crippen LogP contribution < -0.4 is 5.32 Å². The number of nitrogens with zero attached hydrogens (tertiary/aromatic N) is 1. The number of nitro groups is 1. The smallest absolute Gasteiger partial charge is 0.269 e. The molecule has 3 rings (SSSR count). The third-order valence-corrected chi connectivity index (χ3v) is 4.86. The maximum atomic E-state index is 10.6. The molecule has 0 aromatic heterocycles. The minimum absolute atomic E-state index is 0.134. The summed E-state index contributed by atoms with van der Waals surface area (Å²) in [4.78, 5) is 10.3. The van der Waals surface area contributed by atoms with Crippen LogP contribution in [0, 0.1) is 15.5 Å². The fraction of sp³-hybridized carbons (Fsp3) is 0.600. The van der Waals surface area contributed by atoms with Crippen molar-refractivity contribution in [1.82, 2.24) is 0 Å². The SMILES string of the molecule is CCOC1CC(Nc2ccc([N+](=O)[O-])cc2)C12CCC2. The predicted molar refractivity (Wildman–Crippen MR) is 76.8 cm³/mol. The van der Waals surface area contributed by atoms with Crippen LogP contribution in [0.3, 0.4) is 0 Å². The molecule has 0 bridgehead atoms. The first-order valence-electron chi connectivity index (χ1n) is 7.28. The maximum Gasteiger partial charge on any atom is 0.269 e. The average Bonchev–Trinajstić information content (AvgIpc) is 2.36. The van der Waals surface area contributed by atoms with Gasteiger partial charge in [-0.2, -0.15) is 0 Å². The first kappa shape index (κ1) is 13.4. The van der Waals surface area contributed by atoms with E-state index < -0.39 is 0 Å². The summed E-state index contributed by atoms with van der Waals surface area (Å²) in [6.07, 6.45) is 5.15. The molecule has 2 atom stereocenters. The molecular weight excluding hydrogens is 256 g/mol. The van der Waals surface area contributed by atoms with Gasteiger partial charge < -0.3 is 10.1 Å². The highest BCUT2D eigenvalue weighted by Gasteiger charge is 2.58. The molecule has 0 aliphatic heterocycles. The summed E-state index contributed by atoms with van der Waals surface area (Å²) in [6.45, 7) is 2.82. The second-order valence-corrected chi connectivity index (χ2v) is 5.77. The summed E-state index contributed by atoms with van der Waals surface area (Å²) in [6, 6.07) is 7.12. The highest BCUT2D eigenvalue weighted by molar-refractivity contribution is 5.50. The van der Waals surface area contributed by atoms with Gasteiger partial charge in [-0.1, -0.05) is 6.42 Å². The number of ether oxygens (including phenoxy) is 1. The molecule has 1 aromatic carbocycles. The van der Waals surface area contributed by atoms with E-state index in [9.17, 15) is 10.1 Å². The van der Waals surface area contributed by atoms with Crippen molar-refractivity contribution >= 4 is 11.4 Å². The second-order valence-electron chi connectivity index (χ2n) is 5.77. The Morgan fingerprint density at radius 2 is 2.10 bits per heavy atom. The fourth-order valence-corrected chi connectivity index (χ4v) is 3.52. The Morgan fingerprint density at radius 1 is 1.40 bits per heavy atom. The van der Waals surface area contributed by atoms with Gasteiger partial charge in [-0.3, -0.25) is 10.1 Å². The van der Waals surface area contributed by atoms with Gasteiger partial charge in [-0.15, -0.1) is 0 Å². The van der Waals surface area contributed by atoms with Gasteiger partial charge in [-0.05, 0) is 38.3 Å². The molecule has 1 spiro atoms. The number of hydrogen-bond donors (Lipinski definition) is 1. The molecule has 1 N–H and O–H groups in total. The van der Waals surface area contributed by atoms with Crippen molar-refractivity contribution in [2.75, 3.05) is 11.9 Å². The largest absolute Gasteiger partial charge is 0.382 e. The number of nitro benzene ring substituents is 1. The summed E-state index contributed by atoms with van der Waals surface area (Å²) in [7, 11) is 0. The Labute approximate surface area is 118 Å². The molecule has 108 valence electrons. The highest BCUT2D eigenvalue weighted by atomic mass is 16.6. The third-order valence-electron chi connectivity index (χ3n) is 4.86. The summed E-state index contributed by atoms with van der Waals surface area (Å²) in [5.74, 6) is 0. The van der Waals surface area contributed by atoms with Gasteiger partial charge in [0, 0.05) is 35.9 Å². The Kier molecular flexibility index (Phi) is 3.38. The van der Waals surface area contributed by atoms with Crippen molar-refractivity contribution < 1.29 is 9.66 Å². The van der Waals surface area contributed by atoms with E-state index in [1.54, 1.807) is 24.3 Å². The van der Waals surface area contributed by atoms with Crippen molar-refractivity contribution in [2.45, 2.75) is 44.8 Å². The van der Waals surface area contributed by atoms with Crippen molar-refractivity contribution in [3.63, 3.8) is 0 Å². The van der Waals surface area contributed by atoms with Gasteiger partial charge in [0.2, 0.25) is 0 Å². The van der Waals surface area contributed by atoms with E-state index in [0.717, 1.165) is 18.7 Å². The molecule has 1 aromatic rings. The Hall–Kier alpha value is -1.62. The normalized spacial score (nSPS) is 26.6. The highest BCUT2D eigenvalue weighted by Crippen LogP contribution is 2.58. The average molecular weight is 276 g/mol. The van der Waals surface area contributed by atoms with E-state index in [-0.39, 0.29) is 10.6 Å². The van der Waals surface area contributed by atoms with Crippen LogP contribution >= 0.6 is 0 Å². The lowest BCUT2D eigenvalue weighted by molar-refractivity contribution is -0.384. The lowest BCUT2D eigenvalue weighted by Gasteiger charge is -2.61. The monoisotopic (exact) mass is 276 g/mol. The number of hydrogen-bond acceptors (Lipinski definition) is 4. The summed E-state index contributed by atoms with van der Waals surface area (Å²) in [5.41, 5.74) is 1.40. The zero-order valence-electron chi connectivity index (χ0n) is 11.7. The second kappa shape index (κ2) is 5.05. The van der Waals surface area contributed by atoms with E-state index in [2.05, 4.69) is 5.32 Å². The van der Waals surface area contributed by atoms with Crippen LogP contribution in [0.2, 0.25) is 0 Å². The van der Waals surface area contributed by atoms with Crippen LogP contribution in [0.1, 0.15) is 32.6 Å². The van der Waals surface area contributed by atoms with Crippen LogP contribution in [-0.4, -0.2) is 23.7 Å². The topological polar surface area (TPSA) is 64.4 Å². The number of nitrogens with one attached hydrogen (secondary N) is 1. The first-order valence-corrected chi connectivity index (χ1v) is 7.28. The molecule has 20 heavy (non-hydrogen) atoms. The molecule has 0 amide bonds. The van der Waals surface area contributed by atoms with E-state index in [0.29, 0.717) is 17.6 Å². The number of anilines is 1. The first-order chi connectivity index (χ1) is 9.65. The minimum Gasteiger partial charge on any atom is -0.382 e. The standard InChI is InChI=1S/C15H20N2O3/c1-2-20-14-10-13(15(14)8-3-9-15)16-11-4-6-12(7-5-11)17(18)19/h4-7,13-14,16H,2-3,8-10H2,1H3. The van der Waals surface area contributed by atoms with Gasteiger partial charge in [0.1, 0.15) is 0 Å². The fourth-order valence-electron chi connectivity index (χ4n) is 3.52. The van der Waals surface area contributed by atoms with Gasteiger partial charge in [0.15, 0.2) is 0 Å². The number of non-ortho nitro benzene ring substituents is 1. The van der Waals surface area contributed by atoms with E-state index in [1.165, 1.54) is 19.3 Å². The Bertz CT molecular complexity index is 496. The van der Waals surface area contributed by atoms with Gasteiger partial charge in [-0.25, -0.2) is 0 Å². The van der Waals surface area contributed by atoms with Gasteiger partial charge in [0.25, 0.3) is 5.69 Å². The maximum absolute atomic E-state index is 10.6. The quantitative estimate of drug-likeness (QED) is 0.661. The summed E-state index contributed by atoms with van der Waals surface area (Å²) in [5, 5.41) is 14.2. The molecular formula is C15H20N2O3. The van der Waals surface area contributed by atoms with Crippen molar-refractivity contribution in [1.29, 1.82) is 0 Å². The lowest BCUT2D eigenvalue weighted by atomic mass is 9.51. The number of benzene rings is 1. The molecule has 2 aliphatic carbocycles. The third kappa shape index (κ3) is 2.06. The van der Waals surface area contributed by atoms with Crippen LogP contribution in [0.5, 0.6) is 0 Å². The van der Waals surface area contributed by atoms with Crippen LogP contribution in [-0.2, 0) is 4.74 Å². The van der Waals surface area contributed by atoms with Crippen molar-refractivity contribution in [3.05, 3.63) is 34.4 Å². The lowest BCUT2D eigenvalue weighted by Crippen LogP contribution is -2.64. The molecule has 5 heteroatoms.